The van der Waals surface area contributed by atoms with Gasteiger partial charge in [0, 0.05) is 19.1 Å². The standard InChI is InChI=1S/C11H20N2O2/c1-9(2)13-5-3-11(4-6-13)8-15-7-10(14)12-11/h9H,3-8H2,1-2H3,(H,12,14). The molecule has 15 heavy (non-hydrogen) atoms. The molecule has 0 saturated carbocycles. The largest absolute Gasteiger partial charge is 0.369 e. The third kappa shape index (κ3) is 2.32. The Hall–Kier alpha value is -0.610. The SMILES string of the molecule is CC(C)N1CCC2(CC1)COCC(=O)N2. The predicted octanol–water partition coefficient (Wildman–Crippen LogP) is 0.376. The summed E-state index contributed by atoms with van der Waals surface area (Å²) in [5.41, 5.74) is -0.0687. The van der Waals surface area contributed by atoms with Gasteiger partial charge in [-0.2, -0.15) is 0 Å². The highest BCUT2D eigenvalue weighted by Crippen LogP contribution is 2.25. The molecule has 4 heteroatoms. The van der Waals surface area contributed by atoms with Crippen molar-refractivity contribution in [1.29, 1.82) is 0 Å². The highest BCUT2D eigenvalue weighted by Gasteiger charge is 2.39. The lowest BCUT2D eigenvalue weighted by Gasteiger charge is -2.45. The van der Waals surface area contributed by atoms with Crippen LogP contribution in [0.15, 0.2) is 0 Å². The maximum absolute atomic E-state index is 11.3. The molecule has 2 rings (SSSR count). The zero-order chi connectivity index (χ0) is 10.9. The molecule has 86 valence electrons. The lowest BCUT2D eigenvalue weighted by molar-refractivity contribution is -0.137. The van der Waals surface area contributed by atoms with E-state index in [4.69, 9.17) is 4.74 Å². The van der Waals surface area contributed by atoms with Crippen LogP contribution in [0.2, 0.25) is 0 Å². The van der Waals surface area contributed by atoms with Crippen molar-refractivity contribution >= 4 is 5.91 Å². The van der Waals surface area contributed by atoms with Gasteiger partial charge in [0.05, 0.1) is 12.1 Å². The maximum Gasteiger partial charge on any atom is 0.246 e. The number of rotatable bonds is 1. The first-order valence-corrected chi connectivity index (χ1v) is 5.74. The van der Waals surface area contributed by atoms with Crippen LogP contribution in [0.5, 0.6) is 0 Å². The molecule has 0 radical (unpaired) electrons. The van der Waals surface area contributed by atoms with Gasteiger partial charge in [-0.1, -0.05) is 0 Å². The minimum absolute atomic E-state index is 0.0410. The number of carbonyl (C=O) groups excluding carboxylic acids is 1. The highest BCUT2D eigenvalue weighted by molar-refractivity contribution is 5.78. The number of likely N-dealkylation sites (tertiary alicyclic amines) is 1. The molecule has 0 bridgehead atoms. The van der Waals surface area contributed by atoms with E-state index in [1.807, 2.05) is 0 Å². The molecule has 2 saturated heterocycles. The summed E-state index contributed by atoms with van der Waals surface area (Å²) in [7, 11) is 0. The molecule has 4 nitrogen and oxygen atoms in total. The van der Waals surface area contributed by atoms with Gasteiger partial charge in [-0.3, -0.25) is 4.79 Å². The number of carbonyl (C=O) groups is 1. The number of morpholine rings is 1. The van der Waals surface area contributed by atoms with Gasteiger partial charge in [-0.25, -0.2) is 0 Å². The molecular weight excluding hydrogens is 192 g/mol. The van der Waals surface area contributed by atoms with Gasteiger partial charge in [-0.15, -0.1) is 0 Å². The summed E-state index contributed by atoms with van der Waals surface area (Å²) in [6, 6.07) is 0.600. The van der Waals surface area contributed by atoms with Crippen molar-refractivity contribution in [3.05, 3.63) is 0 Å². The Kier molecular flexibility index (Phi) is 2.98. The van der Waals surface area contributed by atoms with Gasteiger partial charge in [0.2, 0.25) is 5.91 Å². The second-order valence-electron chi connectivity index (χ2n) is 4.95. The third-order valence-corrected chi connectivity index (χ3v) is 3.50. The van der Waals surface area contributed by atoms with Crippen molar-refractivity contribution in [1.82, 2.24) is 10.2 Å². The van der Waals surface area contributed by atoms with E-state index < -0.39 is 0 Å². The molecule has 2 heterocycles. The van der Waals surface area contributed by atoms with Crippen LogP contribution in [-0.4, -0.2) is 48.7 Å². The fourth-order valence-corrected chi connectivity index (χ4v) is 2.44. The van der Waals surface area contributed by atoms with Crippen molar-refractivity contribution in [3.63, 3.8) is 0 Å². The van der Waals surface area contributed by atoms with E-state index in [-0.39, 0.29) is 18.1 Å². The van der Waals surface area contributed by atoms with E-state index >= 15 is 0 Å². The summed E-state index contributed by atoms with van der Waals surface area (Å²) >= 11 is 0. The summed E-state index contributed by atoms with van der Waals surface area (Å²) in [5.74, 6) is 0.0410. The van der Waals surface area contributed by atoms with Crippen LogP contribution >= 0.6 is 0 Å². The normalized spacial score (nSPS) is 27.0. The minimum Gasteiger partial charge on any atom is -0.369 e. The van der Waals surface area contributed by atoms with Crippen LogP contribution in [0.1, 0.15) is 26.7 Å². The Labute approximate surface area is 91.0 Å². The van der Waals surface area contributed by atoms with Crippen molar-refractivity contribution in [3.8, 4) is 0 Å². The highest BCUT2D eigenvalue weighted by atomic mass is 16.5. The number of ether oxygens (including phenoxy) is 1. The number of hydrogen-bond acceptors (Lipinski definition) is 3. The number of piperidine rings is 1. The van der Waals surface area contributed by atoms with E-state index in [0.29, 0.717) is 12.6 Å². The van der Waals surface area contributed by atoms with Crippen molar-refractivity contribution in [2.45, 2.75) is 38.3 Å². The van der Waals surface area contributed by atoms with Crippen LogP contribution < -0.4 is 5.32 Å². The van der Waals surface area contributed by atoms with Crippen LogP contribution in [0.25, 0.3) is 0 Å². The monoisotopic (exact) mass is 212 g/mol. The van der Waals surface area contributed by atoms with Gasteiger partial charge in [0.1, 0.15) is 6.61 Å². The zero-order valence-corrected chi connectivity index (χ0v) is 9.58. The number of amides is 1. The molecule has 2 aliphatic rings. The van der Waals surface area contributed by atoms with Gasteiger partial charge >= 0.3 is 0 Å². The van der Waals surface area contributed by atoms with E-state index in [1.165, 1.54) is 0 Å². The number of nitrogens with one attached hydrogen (secondary N) is 1. The second-order valence-corrected chi connectivity index (χ2v) is 4.95. The lowest BCUT2D eigenvalue weighted by atomic mass is 9.87. The molecule has 2 aliphatic heterocycles. The molecule has 2 fully saturated rings. The lowest BCUT2D eigenvalue weighted by Crippen LogP contribution is -2.62. The van der Waals surface area contributed by atoms with Crippen LogP contribution in [-0.2, 0) is 9.53 Å². The van der Waals surface area contributed by atoms with Crippen molar-refractivity contribution in [2.75, 3.05) is 26.3 Å². The molecule has 0 aromatic rings. The zero-order valence-electron chi connectivity index (χ0n) is 9.58. The first-order valence-electron chi connectivity index (χ1n) is 5.74. The molecule has 1 amide bonds. The van der Waals surface area contributed by atoms with Crippen molar-refractivity contribution < 1.29 is 9.53 Å². The summed E-state index contributed by atoms with van der Waals surface area (Å²) in [6.07, 6.45) is 2.02. The minimum atomic E-state index is -0.0687. The smallest absolute Gasteiger partial charge is 0.246 e. The number of hydrogen-bond donors (Lipinski definition) is 1. The van der Waals surface area contributed by atoms with Crippen LogP contribution in [0, 0.1) is 0 Å². The predicted molar refractivity (Wildman–Crippen MR) is 57.6 cm³/mol. The Morgan fingerprint density at radius 1 is 1.40 bits per heavy atom. The van der Waals surface area contributed by atoms with Crippen LogP contribution in [0.4, 0.5) is 0 Å². The molecule has 0 unspecified atom stereocenters. The Morgan fingerprint density at radius 2 is 2.07 bits per heavy atom. The molecule has 0 aliphatic carbocycles. The van der Waals surface area contributed by atoms with E-state index in [2.05, 4.69) is 24.1 Å². The Morgan fingerprint density at radius 3 is 2.60 bits per heavy atom. The topological polar surface area (TPSA) is 41.6 Å². The first-order chi connectivity index (χ1) is 7.11. The fourth-order valence-electron chi connectivity index (χ4n) is 2.44. The van der Waals surface area contributed by atoms with E-state index in [0.717, 1.165) is 25.9 Å². The van der Waals surface area contributed by atoms with E-state index in [9.17, 15) is 4.79 Å². The van der Waals surface area contributed by atoms with Gasteiger partial charge in [-0.05, 0) is 26.7 Å². The molecule has 1 N–H and O–H groups in total. The summed E-state index contributed by atoms with van der Waals surface area (Å²) in [4.78, 5) is 13.8. The van der Waals surface area contributed by atoms with Gasteiger partial charge in [0.15, 0.2) is 0 Å². The molecule has 0 aromatic carbocycles. The Balaban J connectivity index is 1.93. The molecule has 1 spiro atoms. The average Bonchev–Trinajstić information content (AvgIpc) is 2.18. The first kappa shape index (κ1) is 10.9. The van der Waals surface area contributed by atoms with Gasteiger partial charge in [0.25, 0.3) is 0 Å². The van der Waals surface area contributed by atoms with Gasteiger partial charge < -0.3 is 15.0 Å². The summed E-state index contributed by atoms with van der Waals surface area (Å²) in [5, 5.41) is 3.10. The molecule has 0 atom stereocenters. The quantitative estimate of drug-likeness (QED) is 0.683. The fraction of sp³-hybridized carbons (Fsp3) is 0.909. The van der Waals surface area contributed by atoms with Crippen LogP contribution in [0.3, 0.4) is 0 Å². The third-order valence-electron chi connectivity index (χ3n) is 3.50. The Bertz CT molecular complexity index is 245. The second kappa shape index (κ2) is 4.10. The molecular formula is C11H20N2O2. The average molecular weight is 212 g/mol. The molecule has 0 aromatic heterocycles. The summed E-state index contributed by atoms with van der Waals surface area (Å²) < 4.78 is 5.34. The number of nitrogens with zero attached hydrogens (tertiary/aromatic N) is 1. The maximum atomic E-state index is 11.3. The van der Waals surface area contributed by atoms with Crippen molar-refractivity contribution in [2.24, 2.45) is 0 Å². The van der Waals surface area contributed by atoms with E-state index in [1.54, 1.807) is 0 Å². The summed E-state index contributed by atoms with van der Waals surface area (Å²) in [6.45, 7) is 7.46.